The second-order valence-electron chi connectivity index (χ2n) is 7.45. The molecule has 0 N–H and O–H groups in total. The van der Waals surface area contributed by atoms with E-state index in [0.29, 0.717) is 48.6 Å². The first-order valence-electron chi connectivity index (χ1n) is 10.4. The van der Waals surface area contributed by atoms with E-state index in [2.05, 4.69) is 4.98 Å². The Morgan fingerprint density at radius 3 is 2.62 bits per heavy atom. The molecule has 0 bridgehead atoms. The predicted molar refractivity (Wildman–Crippen MR) is 123 cm³/mol. The van der Waals surface area contributed by atoms with Crippen molar-refractivity contribution in [2.24, 2.45) is 0 Å². The van der Waals surface area contributed by atoms with Gasteiger partial charge >= 0.3 is 0 Å². The van der Waals surface area contributed by atoms with Crippen molar-refractivity contribution < 1.29 is 18.7 Å². The number of amides is 1. The Bertz CT molecular complexity index is 1220. The summed E-state index contributed by atoms with van der Waals surface area (Å²) in [5.74, 6) is 2.46. The highest BCUT2D eigenvalue weighted by Gasteiger charge is 2.23. The predicted octanol–water partition coefficient (Wildman–Crippen LogP) is 5.26. The fourth-order valence-corrected chi connectivity index (χ4v) is 4.31. The second kappa shape index (κ2) is 8.88. The molecule has 0 radical (unpaired) electrons. The molecule has 32 heavy (non-hydrogen) atoms. The molecule has 4 aromatic rings. The minimum Gasteiger partial charge on any atom is -0.486 e. The molecule has 6 nitrogen and oxygen atoms in total. The van der Waals surface area contributed by atoms with Crippen molar-refractivity contribution in [1.29, 1.82) is 0 Å². The molecule has 5 rings (SSSR count). The number of carbonyl (C=O) groups excluding carboxylic acids is 1. The standard InChI is InChI=1S/C25H22N2O4S/c1-17-21(26-25(31-17)18-6-3-2-4-7-18)15-24(28)27(16-20-8-5-13-32-20)19-9-10-22-23(14-19)30-12-11-29-22/h2-10,13-14H,11-12,15-16H2,1H3. The number of rotatable bonds is 6. The molecule has 0 saturated carbocycles. The number of fused-ring (bicyclic) bond motifs is 1. The first-order chi connectivity index (χ1) is 15.7. The molecular formula is C25H22N2O4S. The molecule has 1 amide bonds. The summed E-state index contributed by atoms with van der Waals surface area (Å²) >= 11 is 1.62. The van der Waals surface area contributed by atoms with Crippen LogP contribution >= 0.6 is 11.3 Å². The van der Waals surface area contributed by atoms with E-state index in [9.17, 15) is 4.79 Å². The average molecular weight is 447 g/mol. The minimum absolute atomic E-state index is 0.0638. The van der Waals surface area contributed by atoms with Gasteiger partial charge in [-0.2, -0.15) is 0 Å². The summed E-state index contributed by atoms with van der Waals surface area (Å²) in [7, 11) is 0. The quantitative estimate of drug-likeness (QED) is 0.404. The monoisotopic (exact) mass is 446 g/mol. The van der Waals surface area contributed by atoms with E-state index in [0.717, 1.165) is 16.1 Å². The van der Waals surface area contributed by atoms with Gasteiger partial charge < -0.3 is 18.8 Å². The van der Waals surface area contributed by atoms with Crippen molar-refractivity contribution in [3.05, 3.63) is 82.4 Å². The van der Waals surface area contributed by atoms with Crippen LogP contribution in [0.2, 0.25) is 0 Å². The smallest absolute Gasteiger partial charge is 0.233 e. The van der Waals surface area contributed by atoms with Crippen LogP contribution in [0.25, 0.3) is 11.5 Å². The maximum Gasteiger partial charge on any atom is 0.233 e. The molecule has 0 fully saturated rings. The van der Waals surface area contributed by atoms with Crippen LogP contribution in [0.5, 0.6) is 11.5 Å². The van der Waals surface area contributed by atoms with E-state index in [1.807, 2.05) is 73.0 Å². The number of hydrogen-bond donors (Lipinski definition) is 0. The molecule has 1 aliphatic heterocycles. The molecule has 0 saturated heterocycles. The van der Waals surface area contributed by atoms with E-state index in [1.165, 1.54) is 0 Å². The molecule has 3 heterocycles. The van der Waals surface area contributed by atoms with Gasteiger partial charge in [0.1, 0.15) is 19.0 Å². The lowest BCUT2D eigenvalue weighted by atomic mass is 10.2. The van der Waals surface area contributed by atoms with Gasteiger partial charge in [0.05, 0.1) is 18.7 Å². The normalized spacial score (nSPS) is 12.5. The molecular weight excluding hydrogens is 424 g/mol. The highest BCUT2D eigenvalue weighted by molar-refractivity contribution is 7.09. The summed E-state index contributed by atoms with van der Waals surface area (Å²) in [6, 6.07) is 19.3. The molecule has 0 unspecified atom stereocenters. The molecule has 0 atom stereocenters. The second-order valence-corrected chi connectivity index (χ2v) is 8.48. The van der Waals surface area contributed by atoms with Crippen LogP contribution in [-0.2, 0) is 17.8 Å². The topological polar surface area (TPSA) is 64.8 Å². The summed E-state index contributed by atoms with van der Waals surface area (Å²) in [5.41, 5.74) is 2.29. The van der Waals surface area contributed by atoms with Crippen molar-refractivity contribution in [1.82, 2.24) is 4.98 Å². The third-order valence-electron chi connectivity index (χ3n) is 5.26. The molecule has 0 spiro atoms. The maximum atomic E-state index is 13.5. The summed E-state index contributed by atoms with van der Waals surface area (Å²) in [4.78, 5) is 20.9. The number of ether oxygens (including phenoxy) is 2. The molecule has 2 aromatic carbocycles. The molecule has 1 aliphatic rings. The minimum atomic E-state index is -0.0638. The van der Waals surface area contributed by atoms with E-state index in [-0.39, 0.29) is 12.3 Å². The zero-order chi connectivity index (χ0) is 21.9. The third-order valence-corrected chi connectivity index (χ3v) is 6.13. The van der Waals surface area contributed by atoms with Crippen molar-refractivity contribution in [2.45, 2.75) is 19.9 Å². The third kappa shape index (κ3) is 4.24. The van der Waals surface area contributed by atoms with Crippen LogP contribution in [-0.4, -0.2) is 24.1 Å². The van der Waals surface area contributed by atoms with Crippen LogP contribution in [0.4, 0.5) is 5.69 Å². The van der Waals surface area contributed by atoms with Crippen LogP contribution in [0.1, 0.15) is 16.3 Å². The van der Waals surface area contributed by atoms with Crippen molar-refractivity contribution >= 4 is 22.9 Å². The van der Waals surface area contributed by atoms with Gasteiger partial charge in [-0.3, -0.25) is 4.79 Å². The van der Waals surface area contributed by atoms with Crippen LogP contribution in [0.3, 0.4) is 0 Å². The zero-order valence-electron chi connectivity index (χ0n) is 17.6. The highest BCUT2D eigenvalue weighted by Crippen LogP contribution is 2.35. The van der Waals surface area contributed by atoms with E-state index in [1.54, 1.807) is 16.2 Å². The summed E-state index contributed by atoms with van der Waals surface area (Å²) in [6.07, 6.45) is 0.141. The Morgan fingerprint density at radius 2 is 1.84 bits per heavy atom. The molecule has 162 valence electrons. The van der Waals surface area contributed by atoms with Crippen molar-refractivity contribution in [2.75, 3.05) is 18.1 Å². The van der Waals surface area contributed by atoms with Gasteiger partial charge in [0, 0.05) is 22.2 Å². The van der Waals surface area contributed by atoms with Crippen LogP contribution in [0, 0.1) is 6.92 Å². The molecule has 2 aromatic heterocycles. The van der Waals surface area contributed by atoms with Gasteiger partial charge in [-0.15, -0.1) is 11.3 Å². The van der Waals surface area contributed by atoms with Gasteiger partial charge in [-0.1, -0.05) is 24.3 Å². The lowest BCUT2D eigenvalue weighted by molar-refractivity contribution is -0.118. The van der Waals surface area contributed by atoms with E-state index >= 15 is 0 Å². The number of thiophene rings is 1. The molecule has 0 aliphatic carbocycles. The van der Waals surface area contributed by atoms with Crippen molar-refractivity contribution in [3.63, 3.8) is 0 Å². The van der Waals surface area contributed by atoms with Crippen LogP contribution in [0.15, 0.2) is 70.5 Å². The number of anilines is 1. The lowest BCUT2D eigenvalue weighted by Crippen LogP contribution is -2.32. The lowest BCUT2D eigenvalue weighted by Gasteiger charge is -2.25. The van der Waals surface area contributed by atoms with Crippen molar-refractivity contribution in [3.8, 4) is 23.0 Å². The number of nitrogens with zero attached hydrogens (tertiary/aromatic N) is 2. The first kappa shape index (κ1) is 20.3. The Labute approximate surface area is 190 Å². The number of aromatic nitrogens is 1. The first-order valence-corrected chi connectivity index (χ1v) is 11.3. The number of hydrogen-bond acceptors (Lipinski definition) is 6. The number of aryl methyl sites for hydroxylation is 1. The molecule has 7 heteroatoms. The van der Waals surface area contributed by atoms with Gasteiger partial charge in [0.25, 0.3) is 0 Å². The number of benzene rings is 2. The number of carbonyl (C=O) groups is 1. The van der Waals surface area contributed by atoms with E-state index < -0.39 is 0 Å². The van der Waals surface area contributed by atoms with Gasteiger partial charge in [-0.25, -0.2) is 4.98 Å². The largest absolute Gasteiger partial charge is 0.486 e. The Hall–Kier alpha value is -3.58. The Balaban J connectivity index is 1.43. The summed E-state index contributed by atoms with van der Waals surface area (Å²) in [6.45, 7) is 3.34. The zero-order valence-corrected chi connectivity index (χ0v) is 18.4. The Morgan fingerprint density at radius 1 is 1.03 bits per heavy atom. The fourth-order valence-electron chi connectivity index (χ4n) is 3.62. The van der Waals surface area contributed by atoms with Crippen LogP contribution < -0.4 is 14.4 Å². The highest BCUT2D eigenvalue weighted by atomic mass is 32.1. The van der Waals surface area contributed by atoms with E-state index in [4.69, 9.17) is 13.9 Å². The Kier molecular flexibility index (Phi) is 5.64. The van der Waals surface area contributed by atoms with Gasteiger partial charge in [-0.05, 0) is 42.6 Å². The number of oxazole rings is 1. The summed E-state index contributed by atoms with van der Waals surface area (Å²) in [5, 5.41) is 2.01. The van der Waals surface area contributed by atoms with Gasteiger partial charge in [0.2, 0.25) is 11.8 Å². The maximum absolute atomic E-state index is 13.5. The fraction of sp³-hybridized carbons (Fsp3) is 0.200. The average Bonchev–Trinajstić information content (AvgIpc) is 3.47. The van der Waals surface area contributed by atoms with Gasteiger partial charge in [0.15, 0.2) is 11.5 Å². The summed E-state index contributed by atoms with van der Waals surface area (Å²) < 4.78 is 17.2. The SMILES string of the molecule is Cc1oc(-c2ccccc2)nc1CC(=O)N(Cc1cccs1)c1ccc2c(c1)OCCO2.